The summed E-state index contributed by atoms with van der Waals surface area (Å²) in [5, 5.41) is 3.06. The lowest BCUT2D eigenvalue weighted by molar-refractivity contribution is -0.149. The van der Waals surface area contributed by atoms with Gasteiger partial charge in [-0.25, -0.2) is 4.98 Å². The second kappa shape index (κ2) is 8.81. The quantitative estimate of drug-likeness (QED) is 0.619. The van der Waals surface area contributed by atoms with E-state index in [-0.39, 0.29) is 18.6 Å². The Hall–Kier alpha value is -3.68. The summed E-state index contributed by atoms with van der Waals surface area (Å²) in [6.45, 7) is -0.472. The lowest BCUT2D eigenvalue weighted by Crippen LogP contribution is -2.31. The molecule has 1 heterocycles. The number of carbonyl (C=O) groups excluding carboxylic acids is 2. The monoisotopic (exact) mass is 381 g/mol. The van der Waals surface area contributed by atoms with Crippen molar-refractivity contribution < 1.29 is 19.1 Å². The van der Waals surface area contributed by atoms with E-state index in [0.717, 1.165) is 10.1 Å². The van der Waals surface area contributed by atoms with Crippen molar-refractivity contribution in [2.24, 2.45) is 0 Å². The van der Waals surface area contributed by atoms with Crippen LogP contribution in [0.2, 0.25) is 0 Å². The number of aromatic nitrogens is 2. The van der Waals surface area contributed by atoms with Gasteiger partial charge in [-0.1, -0.05) is 24.3 Å². The van der Waals surface area contributed by atoms with E-state index in [2.05, 4.69) is 10.3 Å². The van der Waals surface area contributed by atoms with Crippen LogP contribution in [0.5, 0.6) is 5.75 Å². The van der Waals surface area contributed by atoms with E-state index in [1.807, 2.05) is 12.1 Å². The van der Waals surface area contributed by atoms with Gasteiger partial charge in [0.2, 0.25) is 0 Å². The molecule has 3 aromatic rings. The summed E-state index contributed by atoms with van der Waals surface area (Å²) in [4.78, 5) is 40.3. The molecule has 0 saturated carbocycles. The van der Waals surface area contributed by atoms with Gasteiger partial charge in [0.15, 0.2) is 6.61 Å². The fourth-order valence-electron chi connectivity index (χ4n) is 2.58. The average Bonchev–Trinajstić information content (AvgIpc) is 2.73. The predicted molar refractivity (Wildman–Crippen MR) is 102 cm³/mol. The number of benzene rings is 2. The van der Waals surface area contributed by atoms with E-state index < -0.39 is 18.5 Å². The molecule has 0 bridgehead atoms. The number of rotatable bonds is 7. The summed E-state index contributed by atoms with van der Waals surface area (Å²) in [6, 6.07) is 14.1. The Morgan fingerprint density at radius 1 is 1.14 bits per heavy atom. The van der Waals surface area contributed by atoms with E-state index in [1.165, 1.54) is 6.33 Å². The molecule has 0 aliphatic rings. The van der Waals surface area contributed by atoms with Gasteiger partial charge in [-0.2, -0.15) is 0 Å². The first-order valence-corrected chi connectivity index (χ1v) is 8.56. The Morgan fingerprint density at radius 3 is 2.79 bits per heavy atom. The van der Waals surface area contributed by atoms with Gasteiger partial charge in [0.1, 0.15) is 12.3 Å². The number of nitrogens with one attached hydrogen (secondary N) is 1. The van der Waals surface area contributed by atoms with Gasteiger partial charge < -0.3 is 14.8 Å². The third kappa shape index (κ3) is 4.73. The maximum atomic E-state index is 12.3. The van der Waals surface area contributed by atoms with Crippen LogP contribution in [0.4, 0.5) is 0 Å². The number of ether oxygens (including phenoxy) is 2. The maximum absolute atomic E-state index is 12.3. The smallest absolute Gasteiger partial charge is 0.326 e. The van der Waals surface area contributed by atoms with E-state index in [9.17, 15) is 14.4 Å². The fraction of sp³-hybridized carbons (Fsp3) is 0.200. The molecule has 8 nitrogen and oxygen atoms in total. The van der Waals surface area contributed by atoms with Gasteiger partial charge in [-0.3, -0.25) is 19.0 Å². The van der Waals surface area contributed by atoms with E-state index in [0.29, 0.717) is 16.7 Å². The average molecular weight is 381 g/mol. The summed E-state index contributed by atoms with van der Waals surface area (Å²) >= 11 is 0. The van der Waals surface area contributed by atoms with Crippen molar-refractivity contribution in [3.63, 3.8) is 0 Å². The first-order valence-electron chi connectivity index (χ1n) is 8.56. The van der Waals surface area contributed by atoms with Crippen LogP contribution in [-0.2, 0) is 27.4 Å². The lowest BCUT2D eigenvalue weighted by Gasteiger charge is -2.09. The number of carbonyl (C=O) groups is 2. The Morgan fingerprint density at radius 2 is 1.96 bits per heavy atom. The summed E-state index contributed by atoms with van der Waals surface area (Å²) in [7, 11) is 1.56. The van der Waals surface area contributed by atoms with Crippen LogP contribution < -0.4 is 15.6 Å². The SMILES string of the molecule is COc1cccc(CNC(=O)COC(=O)Cn2cnc3ccccc3c2=O)c1. The minimum absolute atomic E-state index is 0.279. The van der Waals surface area contributed by atoms with Gasteiger partial charge >= 0.3 is 5.97 Å². The van der Waals surface area contributed by atoms with Crippen molar-refractivity contribution in [1.82, 2.24) is 14.9 Å². The number of nitrogens with zero attached hydrogens (tertiary/aromatic N) is 2. The normalized spacial score (nSPS) is 10.5. The zero-order valence-electron chi connectivity index (χ0n) is 15.3. The van der Waals surface area contributed by atoms with Crippen LogP contribution in [0.25, 0.3) is 10.9 Å². The van der Waals surface area contributed by atoms with Crippen molar-refractivity contribution in [2.45, 2.75) is 13.1 Å². The largest absolute Gasteiger partial charge is 0.497 e. The third-order valence-electron chi connectivity index (χ3n) is 4.02. The summed E-state index contributed by atoms with van der Waals surface area (Å²) in [5.41, 5.74) is 1.06. The topological polar surface area (TPSA) is 99.5 Å². The Balaban J connectivity index is 1.50. The molecule has 0 radical (unpaired) electrons. The number of esters is 1. The number of hydrogen-bond acceptors (Lipinski definition) is 6. The number of fused-ring (bicyclic) bond motifs is 1. The molecule has 1 aromatic heterocycles. The molecule has 1 N–H and O–H groups in total. The van der Waals surface area contributed by atoms with Crippen LogP contribution in [0.3, 0.4) is 0 Å². The minimum atomic E-state index is -0.698. The van der Waals surface area contributed by atoms with Crippen molar-refractivity contribution in [3.8, 4) is 5.75 Å². The number of methoxy groups -OCH3 is 1. The molecule has 144 valence electrons. The highest BCUT2D eigenvalue weighted by molar-refractivity contribution is 5.81. The zero-order chi connectivity index (χ0) is 19.9. The van der Waals surface area contributed by atoms with Gasteiger partial charge in [0.25, 0.3) is 11.5 Å². The van der Waals surface area contributed by atoms with Crippen LogP contribution >= 0.6 is 0 Å². The first-order chi connectivity index (χ1) is 13.6. The maximum Gasteiger partial charge on any atom is 0.326 e. The van der Waals surface area contributed by atoms with Gasteiger partial charge in [0, 0.05) is 6.54 Å². The molecule has 0 atom stereocenters. The van der Waals surface area contributed by atoms with Gasteiger partial charge in [0.05, 0.1) is 24.3 Å². The second-order valence-corrected chi connectivity index (χ2v) is 5.98. The highest BCUT2D eigenvalue weighted by Crippen LogP contribution is 2.12. The minimum Gasteiger partial charge on any atom is -0.497 e. The standard InChI is InChI=1S/C20H19N3O5/c1-27-15-6-4-5-14(9-15)10-21-18(24)12-28-19(25)11-23-13-22-17-8-3-2-7-16(17)20(23)26/h2-9,13H,10-12H2,1H3,(H,21,24). The molecule has 0 aliphatic carbocycles. The Bertz CT molecular complexity index is 1060. The third-order valence-corrected chi connectivity index (χ3v) is 4.02. The molecule has 0 saturated heterocycles. The van der Waals surface area contributed by atoms with E-state index in [4.69, 9.17) is 9.47 Å². The molecule has 0 spiro atoms. The molecular weight excluding hydrogens is 362 g/mol. The van der Waals surface area contributed by atoms with Gasteiger partial charge in [-0.05, 0) is 29.8 Å². The van der Waals surface area contributed by atoms with Crippen LogP contribution in [0.15, 0.2) is 59.7 Å². The zero-order valence-corrected chi connectivity index (χ0v) is 15.3. The van der Waals surface area contributed by atoms with Crippen molar-refractivity contribution >= 4 is 22.8 Å². The molecule has 28 heavy (non-hydrogen) atoms. The molecule has 1 amide bonds. The van der Waals surface area contributed by atoms with Crippen LogP contribution in [0, 0.1) is 0 Å². The van der Waals surface area contributed by atoms with Crippen LogP contribution in [-0.4, -0.2) is 35.1 Å². The molecule has 3 rings (SSSR count). The Kier molecular flexibility index (Phi) is 6.01. The number of amides is 1. The summed E-state index contributed by atoms with van der Waals surface area (Å²) < 4.78 is 11.2. The van der Waals surface area contributed by atoms with E-state index >= 15 is 0 Å². The van der Waals surface area contributed by atoms with E-state index in [1.54, 1.807) is 43.5 Å². The van der Waals surface area contributed by atoms with Crippen molar-refractivity contribution in [1.29, 1.82) is 0 Å². The highest BCUT2D eigenvalue weighted by Gasteiger charge is 2.11. The predicted octanol–water partition coefficient (Wildman–Crippen LogP) is 1.26. The van der Waals surface area contributed by atoms with Gasteiger partial charge in [-0.15, -0.1) is 0 Å². The molecule has 0 aliphatic heterocycles. The fourth-order valence-corrected chi connectivity index (χ4v) is 2.58. The number of para-hydroxylation sites is 1. The summed E-state index contributed by atoms with van der Waals surface area (Å²) in [5.74, 6) is -0.455. The molecule has 0 fully saturated rings. The molecule has 0 unspecified atom stereocenters. The molecular formula is C20H19N3O5. The Labute approximate surface area is 160 Å². The van der Waals surface area contributed by atoms with Crippen molar-refractivity contribution in [3.05, 3.63) is 70.8 Å². The first kappa shape index (κ1) is 19.1. The molecule has 2 aromatic carbocycles. The van der Waals surface area contributed by atoms with Crippen molar-refractivity contribution in [2.75, 3.05) is 13.7 Å². The van der Waals surface area contributed by atoms with Crippen LogP contribution in [0.1, 0.15) is 5.56 Å². The molecule has 8 heteroatoms. The lowest BCUT2D eigenvalue weighted by atomic mass is 10.2. The number of hydrogen-bond donors (Lipinski definition) is 1. The summed E-state index contributed by atoms with van der Waals surface area (Å²) in [6.07, 6.45) is 1.29. The highest BCUT2D eigenvalue weighted by atomic mass is 16.5. The second-order valence-electron chi connectivity index (χ2n) is 5.98.